The molecule has 2 heterocycles. The van der Waals surface area contributed by atoms with E-state index < -0.39 is 17.6 Å². The molecule has 0 spiro atoms. The van der Waals surface area contributed by atoms with Crippen LogP contribution in [0.2, 0.25) is 0 Å². The lowest BCUT2D eigenvalue weighted by molar-refractivity contribution is -0.137. The van der Waals surface area contributed by atoms with Gasteiger partial charge in [-0.15, -0.1) is 11.8 Å². The number of carbonyl (C=O) groups excluding carboxylic acids is 1. The third-order valence-electron chi connectivity index (χ3n) is 5.92. The highest BCUT2D eigenvalue weighted by molar-refractivity contribution is 8.00. The van der Waals surface area contributed by atoms with Gasteiger partial charge in [0.2, 0.25) is 0 Å². The van der Waals surface area contributed by atoms with Crippen LogP contribution in [-0.2, 0) is 6.18 Å². The topological polar surface area (TPSA) is 55.2 Å². The third kappa shape index (κ3) is 4.32. The number of anilines is 1. The van der Waals surface area contributed by atoms with Gasteiger partial charge in [-0.2, -0.15) is 23.0 Å². The molecule has 1 aromatic heterocycles. The highest BCUT2D eigenvalue weighted by Crippen LogP contribution is 2.41. The fraction of sp³-hybridized carbons (Fsp3) is 0.192. The number of halogens is 3. The van der Waals surface area contributed by atoms with Gasteiger partial charge in [0.05, 0.1) is 22.3 Å². The van der Waals surface area contributed by atoms with Gasteiger partial charge in [0.25, 0.3) is 11.5 Å². The molecule has 178 valence electrons. The first kappa shape index (κ1) is 23.2. The van der Waals surface area contributed by atoms with Crippen LogP contribution in [0.4, 0.5) is 18.9 Å². The lowest BCUT2D eigenvalue weighted by Crippen LogP contribution is -2.35. The van der Waals surface area contributed by atoms with Crippen molar-refractivity contribution in [2.45, 2.75) is 29.7 Å². The Bertz CT molecular complexity index is 1490. The predicted octanol–water partition coefficient (Wildman–Crippen LogP) is 5.94. The van der Waals surface area contributed by atoms with Crippen LogP contribution in [-0.4, -0.2) is 27.5 Å². The number of para-hydroxylation sites is 1. The number of aromatic nitrogens is 2. The number of rotatable bonds is 2. The summed E-state index contributed by atoms with van der Waals surface area (Å²) in [6, 6.07) is 18.8. The monoisotopic (exact) mass is 495 g/mol. The molecule has 3 aromatic carbocycles. The Hall–Kier alpha value is -3.59. The number of carbonyl (C=O) groups is 1. The Labute approximate surface area is 203 Å². The van der Waals surface area contributed by atoms with Gasteiger partial charge in [0, 0.05) is 22.1 Å². The second-order valence-electron chi connectivity index (χ2n) is 8.30. The van der Waals surface area contributed by atoms with Crippen molar-refractivity contribution in [2.24, 2.45) is 0 Å². The quantitative estimate of drug-likeness (QED) is 0.346. The van der Waals surface area contributed by atoms with Gasteiger partial charge < -0.3 is 4.90 Å². The van der Waals surface area contributed by atoms with Crippen LogP contribution < -0.4 is 10.5 Å². The summed E-state index contributed by atoms with van der Waals surface area (Å²) in [7, 11) is 0. The second-order valence-corrected chi connectivity index (χ2v) is 9.78. The van der Waals surface area contributed by atoms with E-state index in [2.05, 4.69) is 5.10 Å². The third-order valence-corrected chi connectivity index (χ3v) is 7.16. The van der Waals surface area contributed by atoms with E-state index in [4.69, 9.17) is 0 Å². The summed E-state index contributed by atoms with van der Waals surface area (Å²) in [5.41, 5.74) is -0.522. The Kier molecular flexibility index (Phi) is 5.88. The van der Waals surface area contributed by atoms with Crippen LogP contribution in [0.1, 0.15) is 29.4 Å². The summed E-state index contributed by atoms with van der Waals surface area (Å²) in [6.45, 7) is 2.20. The first-order chi connectivity index (χ1) is 16.7. The molecule has 1 aliphatic heterocycles. The van der Waals surface area contributed by atoms with Gasteiger partial charge in [-0.3, -0.25) is 9.59 Å². The summed E-state index contributed by atoms with van der Waals surface area (Å²) in [5, 5.41) is 5.18. The molecule has 0 bridgehead atoms. The van der Waals surface area contributed by atoms with Crippen LogP contribution in [0.15, 0.2) is 82.5 Å². The zero-order chi connectivity index (χ0) is 24.7. The van der Waals surface area contributed by atoms with Crippen molar-refractivity contribution in [3.05, 3.63) is 94.4 Å². The lowest BCUT2D eigenvalue weighted by Gasteiger charge is -2.24. The number of amides is 1. The van der Waals surface area contributed by atoms with Crippen molar-refractivity contribution in [1.29, 1.82) is 0 Å². The molecule has 0 N–H and O–H groups in total. The molecule has 1 amide bonds. The second kappa shape index (κ2) is 8.88. The van der Waals surface area contributed by atoms with Crippen molar-refractivity contribution in [2.75, 3.05) is 11.4 Å². The number of fused-ring (bicyclic) bond motifs is 2. The van der Waals surface area contributed by atoms with Crippen LogP contribution in [0, 0.1) is 0 Å². The van der Waals surface area contributed by atoms with Crippen LogP contribution >= 0.6 is 11.8 Å². The number of alkyl halides is 3. The molecule has 0 fully saturated rings. The van der Waals surface area contributed by atoms with E-state index in [1.165, 1.54) is 22.7 Å². The zero-order valence-corrected chi connectivity index (χ0v) is 19.4. The Morgan fingerprint density at radius 1 is 1.00 bits per heavy atom. The molecule has 0 radical (unpaired) electrons. The molecule has 4 aromatic rings. The average molecular weight is 496 g/mol. The molecular formula is C26H20F3N3O2S. The van der Waals surface area contributed by atoms with Crippen molar-refractivity contribution in [3.8, 4) is 5.69 Å². The molecular weight excluding hydrogens is 475 g/mol. The fourth-order valence-electron chi connectivity index (χ4n) is 4.14. The van der Waals surface area contributed by atoms with Gasteiger partial charge in [-0.05, 0) is 42.8 Å². The highest BCUT2D eigenvalue weighted by atomic mass is 32.2. The van der Waals surface area contributed by atoms with Crippen LogP contribution in [0.5, 0.6) is 0 Å². The number of nitrogens with zero attached hydrogens (tertiary/aromatic N) is 3. The molecule has 9 heteroatoms. The average Bonchev–Trinajstić information content (AvgIpc) is 3.01. The maximum atomic E-state index is 13.9. The fourth-order valence-corrected chi connectivity index (χ4v) is 5.23. The maximum absolute atomic E-state index is 13.9. The summed E-state index contributed by atoms with van der Waals surface area (Å²) in [6.07, 6.45) is -3.96. The Balaban J connectivity index is 1.71. The van der Waals surface area contributed by atoms with Gasteiger partial charge in [-0.25, -0.2) is 0 Å². The maximum Gasteiger partial charge on any atom is 0.416 e. The van der Waals surface area contributed by atoms with Crippen molar-refractivity contribution < 1.29 is 18.0 Å². The van der Waals surface area contributed by atoms with Crippen LogP contribution in [0.3, 0.4) is 0 Å². The molecule has 0 aliphatic carbocycles. The Morgan fingerprint density at radius 2 is 1.69 bits per heavy atom. The van der Waals surface area contributed by atoms with Gasteiger partial charge in [0.15, 0.2) is 5.69 Å². The molecule has 1 aliphatic rings. The van der Waals surface area contributed by atoms with E-state index in [1.807, 2.05) is 6.92 Å². The molecule has 5 nitrogen and oxygen atoms in total. The summed E-state index contributed by atoms with van der Waals surface area (Å²) < 4.78 is 41.7. The summed E-state index contributed by atoms with van der Waals surface area (Å²) in [5.74, 6) is -0.554. The van der Waals surface area contributed by atoms with Crippen molar-refractivity contribution in [1.82, 2.24) is 9.78 Å². The van der Waals surface area contributed by atoms with Crippen molar-refractivity contribution in [3.63, 3.8) is 0 Å². The van der Waals surface area contributed by atoms with E-state index in [0.29, 0.717) is 27.8 Å². The van der Waals surface area contributed by atoms with Gasteiger partial charge in [-0.1, -0.05) is 43.3 Å². The lowest BCUT2D eigenvalue weighted by atomic mass is 10.1. The van der Waals surface area contributed by atoms with E-state index >= 15 is 0 Å². The van der Waals surface area contributed by atoms with Gasteiger partial charge >= 0.3 is 6.18 Å². The first-order valence-corrected chi connectivity index (χ1v) is 11.9. The zero-order valence-electron chi connectivity index (χ0n) is 18.6. The number of hydrogen-bond donors (Lipinski definition) is 0. The standard InChI is InChI=1S/C26H20F3N3O2S/c1-16-13-14-31(21-15-17(26(27,28)29)11-12-22(21)35-16)25(34)23-19-9-5-6-10-20(19)24(33)32(30-23)18-7-3-2-4-8-18/h2-12,15-16H,13-14H2,1H3. The predicted molar refractivity (Wildman–Crippen MR) is 130 cm³/mol. The van der Waals surface area contributed by atoms with E-state index in [0.717, 1.165) is 16.8 Å². The number of benzene rings is 3. The van der Waals surface area contributed by atoms with Crippen molar-refractivity contribution >= 4 is 34.1 Å². The Morgan fingerprint density at radius 3 is 2.40 bits per heavy atom. The molecule has 0 saturated heterocycles. The minimum absolute atomic E-state index is 0.00645. The van der Waals surface area contributed by atoms with Crippen LogP contribution in [0.25, 0.3) is 16.5 Å². The molecule has 5 rings (SSSR count). The molecule has 35 heavy (non-hydrogen) atoms. The number of thioether (sulfide) groups is 1. The van der Waals surface area contributed by atoms with E-state index in [1.54, 1.807) is 54.6 Å². The smallest absolute Gasteiger partial charge is 0.306 e. The van der Waals surface area contributed by atoms with E-state index in [-0.39, 0.29) is 28.7 Å². The normalized spacial score (nSPS) is 16.1. The molecule has 1 unspecified atom stereocenters. The highest BCUT2D eigenvalue weighted by Gasteiger charge is 2.34. The van der Waals surface area contributed by atoms with E-state index in [9.17, 15) is 22.8 Å². The first-order valence-electron chi connectivity index (χ1n) is 11.0. The minimum atomic E-state index is -4.54. The largest absolute Gasteiger partial charge is 0.416 e. The SMILES string of the molecule is CC1CCN(C(=O)c2nn(-c3ccccc3)c(=O)c3ccccc23)c2cc(C(F)(F)F)ccc2S1. The summed E-state index contributed by atoms with van der Waals surface area (Å²) >= 11 is 1.44. The summed E-state index contributed by atoms with van der Waals surface area (Å²) in [4.78, 5) is 29.1. The minimum Gasteiger partial charge on any atom is -0.306 e. The molecule has 0 saturated carbocycles. The van der Waals surface area contributed by atoms with Gasteiger partial charge in [0.1, 0.15) is 0 Å². The molecule has 1 atom stereocenters. The number of hydrogen-bond acceptors (Lipinski definition) is 4.